The molecule has 150 valence electrons. The Labute approximate surface area is 177 Å². The van der Waals surface area contributed by atoms with Crippen molar-refractivity contribution in [3.8, 4) is 0 Å². The lowest BCUT2D eigenvalue weighted by Crippen LogP contribution is -2.30. The van der Waals surface area contributed by atoms with Gasteiger partial charge in [-0.15, -0.1) is 0 Å². The van der Waals surface area contributed by atoms with Crippen molar-refractivity contribution < 1.29 is 19.5 Å². The van der Waals surface area contributed by atoms with Crippen LogP contribution >= 0.6 is 11.6 Å². The summed E-state index contributed by atoms with van der Waals surface area (Å²) in [4.78, 5) is 36.4. The zero-order valence-electron chi connectivity index (χ0n) is 15.6. The van der Waals surface area contributed by atoms with Gasteiger partial charge >= 0.3 is 5.97 Å². The molecule has 0 heterocycles. The van der Waals surface area contributed by atoms with Gasteiger partial charge in [0.1, 0.15) is 5.70 Å². The van der Waals surface area contributed by atoms with Gasteiger partial charge < -0.3 is 15.7 Å². The van der Waals surface area contributed by atoms with E-state index in [-0.39, 0.29) is 11.3 Å². The molecule has 3 rings (SSSR count). The van der Waals surface area contributed by atoms with Crippen molar-refractivity contribution in [2.75, 3.05) is 5.32 Å². The minimum Gasteiger partial charge on any atom is -0.478 e. The number of amides is 2. The SMILES string of the molecule is O=C(Nc1ccc(C(=O)O)cc1)/C(=C\c1ccc(Cl)cc1)NC(=O)c1ccccc1. The zero-order chi connectivity index (χ0) is 21.5. The fraction of sp³-hybridized carbons (Fsp3) is 0. The van der Waals surface area contributed by atoms with E-state index in [4.69, 9.17) is 16.7 Å². The maximum Gasteiger partial charge on any atom is 0.335 e. The molecule has 3 aromatic carbocycles. The molecule has 0 aliphatic heterocycles. The summed E-state index contributed by atoms with van der Waals surface area (Å²) < 4.78 is 0. The number of hydrogen-bond donors (Lipinski definition) is 3. The summed E-state index contributed by atoms with van der Waals surface area (Å²) in [5.74, 6) is -2.06. The number of halogens is 1. The highest BCUT2D eigenvalue weighted by Gasteiger charge is 2.15. The fourth-order valence-electron chi connectivity index (χ4n) is 2.56. The van der Waals surface area contributed by atoms with E-state index in [0.29, 0.717) is 21.8 Å². The predicted octanol–water partition coefficient (Wildman–Crippen LogP) is 4.45. The third kappa shape index (κ3) is 5.56. The fourth-order valence-corrected chi connectivity index (χ4v) is 2.69. The van der Waals surface area contributed by atoms with Gasteiger partial charge in [-0.25, -0.2) is 4.79 Å². The average molecular weight is 421 g/mol. The van der Waals surface area contributed by atoms with Crippen molar-refractivity contribution in [3.05, 3.63) is 106 Å². The molecule has 0 radical (unpaired) electrons. The Kier molecular flexibility index (Phi) is 6.62. The van der Waals surface area contributed by atoms with Crippen molar-refractivity contribution in [2.45, 2.75) is 0 Å². The molecule has 0 aromatic heterocycles. The third-order valence-corrected chi connectivity index (χ3v) is 4.35. The molecule has 0 aliphatic rings. The number of anilines is 1. The maximum absolute atomic E-state index is 12.8. The molecule has 0 saturated heterocycles. The number of carbonyl (C=O) groups is 3. The molecule has 0 atom stereocenters. The Morgan fingerprint density at radius 1 is 0.800 bits per heavy atom. The first-order valence-corrected chi connectivity index (χ1v) is 9.28. The van der Waals surface area contributed by atoms with Crippen molar-refractivity contribution >= 4 is 41.1 Å². The minimum absolute atomic E-state index is 0.0217. The Balaban J connectivity index is 1.85. The molecule has 7 heteroatoms. The van der Waals surface area contributed by atoms with Gasteiger partial charge in [-0.1, -0.05) is 41.9 Å². The first kappa shape index (κ1) is 20.8. The van der Waals surface area contributed by atoms with Gasteiger partial charge in [-0.2, -0.15) is 0 Å². The Bertz CT molecular complexity index is 1090. The molecular weight excluding hydrogens is 404 g/mol. The Morgan fingerprint density at radius 2 is 1.43 bits per heavy atom. The maximum atomic E-state index is 12.8. The van der Waals surface area contributed by atoms with Crippen LogP contribution in [0.3, 0.4) is 0 Å². The van der Waals surface area contributed by atoms with Crippen LogP contribution in [0.2, 0.25) is 5.02 Å². The summed E-state index contributed by atoms with van der Waals surface area (Å²) in [6.45, 7) is 0. The third-order valence-electron chi connectivity index (χ3n) is 4.10. The van der Waals surface area contributed by atoms with Crippen molar-refractivity contribution in [1.29, 1.82) is 0 Å². The molecule has 0 saturated carbocycles. The summed E-state index contributed by atoms with van der Waals surface area (Å²) >= 11 is 5.91. The van der Waals surface area contributed by atoms with Crippen molar-refractivity contribution in [1.82, 2.24) is 5.32 Å². The number of benzene rings is 3. The second-order valence-electron chi connectivity index (χ2n) is 6.27. The number of aromatic carboxylic acids is 1. The molecule has 0 aliphatic carbocycles. The van der Waals surface area contributed by atoms with Gasteiger partial charge in [0.05, 0.1) is 5.56 Å². The van der Waals surface area contributed by atoms with Gasteiger partial charge in [0, 0.05) is 16.3 Å². The first-order valence-electron chi connectivity index (χ1n) is 8.91. The van der Waals surface area contributed by atoms with E-state index in [0.717, 1.165) is 0 Å². The van der Waals surface area contributed by atoms with Crippen LogP contribution in [0.5, 0.6) is 0 Å². The van der Waals surface area contributed by atoms with E-state index in [1.807, 2.05) is 0 Å². The van der Waals surface area contributed by atoms with Crippen LogP contribution in [0.15, 0.2) is 84.6 Å². The van der Waals surface area contributed by atoms with Crippen LogP contribution < -0.4 is 10.6 Å². The monoisotopic (exact) mass is 420 g/mol. The standard InChI is InChI=1S/C23H17ClN2O4/c24-18-10-6-15(7-11-18)14-20(26-21(27)16-4-2-1-3-5-16)22(28)25-19-12-8-17(9-13-19)23(29)30/h1-14H,(H,25,28)(H,26,27)(H,29,30)/b20-14+. The van der Waals surface area contributed by atoms with Crippen LogP contribution in [0.4, 0.5) is 5.69 Å². The lowest BCUT2D eigenvalue weighted by Gasteiger charge is -2.11. The summed E-state index contributed by atoms with van der Waals surface area (Å²) in [5.41, 5.74) is 1.58. The summed E-state index contributed by atoms with van der Waals surface area (Å²) in [6.07, 6.45) is 1.53. The average Bonchev–Trinajstić information content (AvgIpc) is 2.75. The van der Waals surface area contributed by atoms with Crippen LogP contribution in [-0.2, 0) is 4.79 Å². The van der Waals surface area contributed by atoms with Crippen LogP contribution in [0, 0.1) is 0 Å². The number of hydrogen-bond acceptors (Lipinski definition) is 3. The van der Waals surface area contributed by atoms with Gasteiger partial charge in [-0.3, -0.25) is 9.59 Å². The van der Waals surface area contributed by atoms with Crippen LogP contribution in [-0.4, -0.2) is 22.9 Å². The molecule has 2 amide bonds. The highest BCUT2D eigenvalue weighted by atomic mass is 35.5. The van der Waals surface area contributed by atoms with Gasteiger partial charge in [0.15, 0.2) is 0 Å². The van der Waals surface area contributed by atoms with Crippen molar-refractivity contribution in [3.63, 3.8) is 0 Å². The molecule has 0 spiro atoms. The molecule has 0 unspecified atom stereocenters. The van der Waals surface area contributed by atoms with E-state index in [9.17, 15) is 14.4 Å². The smallest absolute Gasteiger partial charge is 0.335 e. The van der Waals surface area contributed by atoms with E-state index in [1.54, 1.807) is 54.6 Å². The number of carboxylic acids is 1. The van der Waals surface area contributed by atoms with Crippen LogP contribution in [0.1, 0.15) is 26.3 Å². The normalized spacial score (nSPS) is 10.9. The molecular formula is C23H17ClN2O4. The molecule has 30 heavy (non-hydrogen) atoms. The van der Waals surface area contributed by atoms with E-state index >= 15 is 0 Å². The number of rotatable bonds is 6. The van der Waals surface area contributed by atoms with Gasteiger partial charge in [0.2, 0.25) is 0 Å². The molecule has 0 fully saturated rings. The Hall–Kier alpha value is -3.90. The van der Waals surface area contributed by atoms with Gasteiger partial charge in [0.25, 0.3) is 11.8 Å². The van der Waals surface area contributed by atoms with E-state index < -0.39 is 17.8 Å². The summed E-state index contributed by atoms with van der Waals surface area (Å²) in [5, 5.41) is 14.8. The lowest BCUT2D eigenvalue weighted by atomic mass is 10.1. The first-order chi connectivity index (χ1) is 14.4. The molecule has 0 bridgehead atoms. The predicted molar refractivity (Wildman–Crippen MR) is 115 cm³/mol. The van der Waals surface area contributed by atoms with E-state index in [2.05, 4.69) is 10.6 Å². The quantitative estimate of drug-likeness (QED) is 0.513. The molecule has 6 nitrogen and oxygen atoms in total. The largest absolute Gasteiger partial charge is 0.478 e. The minimum atomic E-state index is -1.06. The molecule has 3 aromatic rings. The number of nitrogens with one attached hydrogen (secondary N) is 2. The second kappa shape index (κ2) is 9.54. The summed E-state index contributed by atoms with van der Waals surface area (Å²) in [6, 6.07) is 21.0. The lowest BCUT2D eigenvalue weighted by molar-refractivity contribution is -0.113. The summed E-state index contributed by atoms with van der Waals surface area (Å²) in [7, 11) is 0. The molecule has 3 N–H and O–H groups in total. The van der Waals surface area contributed by atoms with Crippen LogP contribution in [0.25, 0.3) is 6.08 Å². The second-order valence-corrected chi connectivity index (χ2v) is 6.70. The highest BCUT2D eigenvalue weighted by molar-refractivity contribution is 6.30. The number of carboxylic acid groups (broad SMARTS) is 1. The number of carbonyl (C=O) groups excluding carboxylic acids is 2. The zero-order valence-corrected chi connectivity index (χ0v) is 16.4. The Morgan fingerprint density at radius 3 is 2.03 bits per heavy atom. The van der Waals surface area contributed by atoms with Gasteiger partial charge in [-0.05, 0) is 60.2 Å². The highest BCUT2D eigenvalue weighted by Crippen LogP contribution is 2.15. The topological polar surface area (TPSA) is 95.5 Å². The van der Waals surface area contributed by atoms with Crippen molar-refractivity contribution in [2.24, 2.45) is 0 Å². The van der Waals surface area contributed by atoms with E-state index in [1.165, 1.54) is 30.3 Å².